The van der Waals surface area contributed by atoms with Crippen molar-refractivity contribution in [3.63, 3.8) is 0 Å². The van der Waals surface area contributed by atoms with Crippen LogP contribution in [0.25, 0.3) is 10.8 Å². The number of nitrogens with zero attached hydrogens (tertiary/aromatic N) is 2. The van der Waals surface area contributed by atoms with Gasteiger partial charge in [0.2, 0.25) is 0 Å². The fourth-order valence-corrected chi connectivity index (χ4v) is 3.03. The van der Waals surface area contributed by atoms with E-state index in [0.29, 0.717) is 12.5 Å². The molecule has 7 nitrogen and oxygen atoms in total. The van der Waals surface area contributed by atoms with Gasteiger partial charge in [0, 0.05) is 38.3 Å². The lowest BCUT2D eigenvalue weighted by molar-refractivity contribution is -0.123. The molecule has 1 atom stereocenters. The van der Waals surface area contributed by atoms with Crippen molar-refractivity contribution in [2.75, 3.05) is 38.2 Å². The van der Waals surface area contributed by atoms with Crippen molar-refractivity contribution >= 4 is 28.6 Å². The zero-order chi connectivity index (χ0) is 17.6. The Balaban J connectivity index is 1.53. The molecule has 2 heterocycles. The Bertz CT molecular complexity index is 760. The van der Waals surface area contributed by atoms with Gasteiger partial charge in [-0.15, -0.1) is 0 Å². The molecule has 1 fully saturated rings. The molecule has 2 amide bonds. The molecule has 1 aromatic carbocycles. The van der Waals surface area contributed by atoms with Gasteiger partial charge in [-0.1, -0.05) is 24.3 Å². The number of nitrogens with one attached hydrogen (secondary N) is 2. The Kier molecular flexibility index (Phi) is 5.33. The van der Waals surface area contributed by atoms with Crippen molar-refractivity contribution in [1.29, 1.82) is 0 Å². The molecule has 132 valence electrons. The monoisotopic (exact) mass is 342 g/mol. The largest absolute Gasteiger partial charge is 0.439 e. The molecule has 0 bridgehead atoms. The number of anilines is 1. The van der Waals surface area contributed by atoms with Crippen molar-refractivity contribution in [1.82, 2.24) is 15.6 Å². The van der Waals surface area contributed by atoms with Crippen LogP contribution in [0.3, 0.4) is 0 Å². The predicted molar refractivity (Wildman–Crippen MR) is 95.5 cm³/mol. The molecule has 1 saturated heterocycles. The molecule has 25 heavy (non-hydrogen) atoms. The topological polar surface area (TPSA) is 83.6 Å². The van der Waals surface area contributed by atoms with Gasteiger partial charge in [0.15, 0.2) is 6.61 Å². The van der Waals surface area contributed by atoms with E-state index >= 15 is 0 Å². The number of hydrogen-bond acceptors (Lipinski definition) is 5. The number of likely N-dealkylation sites (N-methyl/N-ethyl adjacent to an activating group) is 1. The zero-order valence-electron chi connectivity index (χ0n) is 14.2. The molecule has 1 unspecified atom stereocenters. The first-order valence-corrected chi connectivity index (χ1v) is 8.37. The van der Waals surface area contributed by atoms with Crippen molar-refractivity contribution < 1.29 is 14.3 Å². The average Bonchev–Trinajstić information content (AvgIpc) is 3.12. The molecule has 1 aliphatic heterocycles. The molecule has 1 aliphatic rings. The van der Waals surface area contributed by atoms with E-state index in [2.05, 4.69) is 32.7 Å². The van der Waals surface area contributed by atoms with Crippen molar-refractivity contribution in [2.24, 2.45) is 5.92 Å². The van der Waals surface area contributed by atoms with E-state index in [-0.39, 0.29) is 12.5 Å². The summed E-state index contributed by atoms with van der Waals surface area (Å²) < 4.78 is 4.84. The number of ether oxygens (including phenoxy) is 1. The molecular weight excluding hydrogens is 320 g/mol. The van der Waals surface area contributed by atoms with Gasteiger partial charge in [0.25, 0.3) is 5.91 Å². The van der Waals surface area contributed by atoms with Gasteiger partial charge in [-0.05, 0) is 23.8 Å². The minimum Gasteiger partial charge on any atom is -0.439 e. The Hall–Kier alpha value is -2.83. The average molecular weight is 342 g/mol. The third kappa shape index (κ3) is 4.17. The van der Waals surface area contributed by atoms with Crippen LogP contribution in [-0.2, 0) is 9.53 Å². The van der Waals surface area contributed by atoms with Gasteiger partial charge in [0.1, 0.15) is 5.82 Å². The minimum atomic E-state index is -0.565. The van der Waals surface area contributed by atoms with Crippen LogP contribution in [0.4, 0.5) is 10.6 Å². The van der Waals surface area contributed by atoms with Crippen LogP contribution in [0.15, 0.2) is 36.5 Å². The third-order valence-electron chi connectivity index (χ3n) is 4.39. The van der Waals surface area contributed by atoms with Gasteiger partial charge in [0.05, 0.1) is 0 Å². The lowest BCUT2D eigenvalue weighted by Gasteiger charge is -2.19. The number of carbonyl (C=O) groups excluding carboxylic acids is 2. The van der Waals surface area contributed by atoms with E-state index in [1.807, 2.05) is 24.4 Å². The van der Waals surface area contributed by atoms with Crippen LogP contribution in [0.5, 0.6) is 0 Å². The normalized spacial score (nSPS) is 16.7. The summed E-state index contributed by atoms with van der Waals surface area (Å²) in [4.78, 5) is 29.5. The van der Waals surface area contributed by atoms with Crippen LogP contribution in [0.2, 0.25) is 0 Å². The molecular formula is C18H22N4O3. The van der Waals surface area contributed by atoms with Gasteiger partial charge >= 0.3 is 6.09 Å². The minimum absolute atomic E-state index is 0.265. The molecule has 3 rings (SSSR count). The molecule has 7 heteroatoms. The highest BCUT2D eigenvalue weighted by Crippen LogP contribution is 2.28. The maximum atomic E-state index is 11.6. The lowest BCUT2D eigenvalue weighted by Crippen LogP contribution is -2.34. The summed E-state index contributed by atoms with van der Waals surface area (Å²) in [6, 6.07) is 10.2. The lowest BCUT2D eigenvalue weighted by atomic mass is 10.1. The van der Waals surface area contributed by atoms with E-state index in [1.54, 1.807) is 0 Å². The van der Waals surface area contributed by atoms with E-state index in [9.17, 15) is 9.59 Å². The third-order valence-corrected chi connectivity index (χ3v) is 4.39. The first kappa shape index (κ1) is 17.0. The summed E-state index contributed by atoms with van der Waals surface area (Å²) in [6.45, 7) is 1.99. The number of rotatable bonds is 5. The van der Waals surface area contributed by atoms with Crippen molar-refractivity contribution in [3.8, 4) is 0 Å². The number of benzene rings is 1. The molecule has 0 spiro atoms. The summed E-state index contributed by atoms with van der Waals surface area (Å²) in [5.74, 6) is 0.986. The Morgan fingerprint density at radius 2 is 2.16 bits per heavy atom. The highest BCUT2D eigenvalue weighted by molar-refractivity contribution is 5.92. The van der Waals surface area contributed by atoms with Crippen LogP contribution in [0.1, 0.15) is 6.42 Å². The number of aromatic nitrogens is 1. The number of carbonyl (C=O) groups is 2. The number of alkyl carbamates (subject to hydrolysis) is 1. The van der Waals surface area contributed by atoms with Crippen LogP contribution in [0, 0.1) is 5.92 Å². The number of hydrogen-bond donors (Lipinski definition) is 2. The zero-order valence-corrected chi connectivity index (χ0v) is 14.2. The first-order valence-electron chi connectivity index (χ1n) is 8.37. The molecule has 0 radical (unpaired) electrons. The summed E-state index contributed by atoms with van der Waals surface area (Å²) >= 11 is 0. The van der Waals surface area contributed by atoms with E-state index in [0.717, 1.165) is 30.7 Å². The van der Waals surface area contributed by atoms with Gasteiger partial charge in [-0.2, -0.15) is 0 Å². The summed E-state index contributed by atoms with van der Waals surface area (Å²) in [7, 11) is 1.50. The molecule has 2 N–H and O–H groups in total. The van der Waals surface area contributed by atoms with Crippen LogP contribution in [-0.4, -0.2) is 50.3 Å². The van der Waals surface area contributed by atoms with E-state index in [1.165, 1.54) is 12.4 Å². The number of fused-ring (bicyclic) bond motifs is 1. The first-order chi connectivity index (χ1) is 12.2. The summed E-state index contributed by atoms with van der Waals surface area (Å²) in [5, 5.41) is 7.44. The fraction of sp³-hybridized carbons (Fsp3) is 0.389. The second kappa shape index (κ2) is 7.83. The van der Waals surface area contributed by atoms with Crippen molar-refractivity contribution in [3.05, 3.63) is 36.5 Å². The molecule has 0 aliphatic carbocycles. The van der Waals surface area contributed by atoms with Crippen LogP contribution < -0.4 is 15.5 Å². The van der Waals surface area contributed by atoms with E-state index < -0.39 is 6.09 Å². The maximum absolute atomic E-state index is 11.6. The fourth-order valence-electron chi connectivity index (χ4n) is 3.03. The molecule has 2 aromatic rings. The highest BCUT2D eigenvalue weighted by Gasteiger charge is 2.25. The molecule has 1 aromatic heterocycles. The number of pyridine rings is 1. The highest BCUT2D eigenvalue weighted by atomic mass is 16.6. The Morgan fingerprint density at radius 3 is 3.00 bits per heavy atom. The maximum Gasteiger partial charge on any atom is 0.407 e. The SMILES string of the molecule is CNC(=O)COC(=O)NCC1CCN(c2nccc3ccccc23)C1. The van der Waals surface area contributed by atoms with Gasteiger partial charge in [-0.25, -0.2) is 9.78 Å². The van der Waals surface area contributed by atoms with E-state index in [4.69, 9.17) is 4.74 Å². The van der Waals surface area contributed by atoms with Crippen LogP contribution >= 0.6 is 0 Å². The second-order valence-electron chi connectivity index (χ2n) is 6.09. The quantitative estimate of drug-likeness (QED) is 0.861. The predicted octanol–water partition coefficient (Wildman–Crippen LogP) is 1.53. The van der Waals surface area contributed by atoms with Gasteiger partial charge < -0.3 is 20.3 Å². The number of amides is 2. The standard InChI is InChI=1S/C18H22N4O3/c1-19-16(23)12-25-18(24)21-10-13-7-9-22(11-13)17-15-5-3-2-4-14(15)6-8-20-17/h2-6,8,13H,7,9-12H2,1H3,(H,19,23)(H,21,24). The summed E-state index contributed by atoms with van der Waals surface area (Å²) in [5.41, 5.74) is 0. The van der Waals surface area contributed by atoms with Crippen molar-refractivity contribution in [2.45, 2.75) is 6.42 Å². The second-order valence-corrected chi connectivity index (χ2v) is 6.09. The molecule has 0 saturated carbocycles. The Morgan fingerprint density at radius 1 is 1.32 bits per heavy atom. The Labute approximate surface area is 146 Å². The van der Waals surface area contributed by atoms with Gasteiger partial charge in [-0.3, -0.25) is 4.79 Å². The summed E-state index contributed by atoms with van der Waals surface area (Å²) in [6.07, 6.45) is 2.24. The smallest absolute Gasteiger partial charge is 0.407 e.